The summed E-state index contributed by atoms with van der Waals surface area (Å²) in [5.74, 6) is 1.18. The SMILES string of the molecule is FC(F)(F)CN1CCC(c2nc(Cl)c3cnc(NC4CCOCC4)nn23)CC1. The van der Waals surface area contributed by atoms with E-state index in [0.717, 1.165) is 12.8 Å². The summed E-state index contributed by atoms with van der Waals surface area (Å²) >= 11 is 6.25. The van der Waals surface area contributed by atoms with Crippen molar-refractivity contribution in [2.24, 2.45) is 0 Å². The highest BCUT2D eigenvalue weighted by molar-refractivity contribution is 6.32. The summed E-state index contributed by atoms with van der Waals surface area (Å²) in [6.07, 6.45) is 0.393. The van der Waals surface area contributed by atoms with Crippen molar-refractivity contribution < 1.29 is 17.9 Å². The fourth-order valence-corrected chi connectivity index (χ4v) is 4.04. The van der Waals surface area contributed by atoms with Crippen LogP contribution in [0.2, 0.25) is 5.15 Å². The quantitative estimate of drug-likeness (QED) is 0.823. The van der Waals surface area contributed by atoms with Gasteiger partial charge in [0.1, 0.15) is 11.3 Å². The minimum atomic E-state index is -4.17. The van der Waals surface area contributed by atoms with Gasteiger partial charge in [0.2, 0.25) is 5.95 Å². The van der Waals surface area contributed by atoms with E-state index in [-0.39, 0.29) is 12.0 Å². The van der Waals surface area contributed by atoms with Crippen molar-refractivity contribution in [3.63, 3.8) is 0 Å². The number of rotatable bonds is 4. The fourth-order valence-electron chi connectivity index (χ4n) is 3.83. The summed E-state index contributed by atoms with van der Waals surface area (Å²) in [4.78, 5) is 10.2. The van der Waals surface area contributed by atoms with Crippen LogP contribution in [0.1, 0.15) is 37.4 Å². The van der Waals surface area contributed by atoms with Crippen LogP contribution in [-0.4, -0.2) is 69.5 Å². The van der Waals surface area contributed by atoms with Crippen molar-refractivity contribution in [3.8, 4) is 0 Å². The van der Waals surface area contributed by atoms with Gasteiger partial charge in [-0.15, -0.1) is 5.10 Å². The van der Waals surface area contributed by atoms with Gasteiger partial charge in [-0.25, -0.2) is 14.5 Å². The maximum atomic E-state index is 12.6. The second kappa shape index (κ2) is 8.00. The molecular weight excluding hydrogens is 397 g/mol. The van der Waals surface area contributed by atoms with Crippen molar-refractivity contribution in [2.45, 2.75) is 43.8 Å². The number of piperidine rings is 1. The molecule has 4 heterocycles. The van der Waals surface area contributed by atoms with Gasteiger partial charge in [0.15, 0.2) is 5.15 Å². The lowest BCUT2D eigenvalue weighted by atomic mass is 9.96. The van der Waals surface area contributed by atoms with E-state index in [1.54, 1.807) is 10.7 Å². The van der Waals surface area contributed by atoms with Crippen molar-refractivity contribution >= 4 is 23.1 Å². The molecule has 0 aromatic carbocycles. The van der Waals surface area contributed by atoms with E-state index in [1.165, 1.54) is 4.90 Å². The molecule has 0 unspecified atom stereocenters. The van der Waals surface area contributed by atoms with Gasteiger partial charge in [-0.2, -0.15) is 13.2 Å². The van der Waals surface area contributed by atoms with Crippen molar-refractivity contribution in [1.29, 1.82) is 0 Å². The van der Waals surface area contributed by atoms with Gasteiger partial charge < -0.3 is 10.1 Å². The average molecular weight is 419 g/mol. The number of nitrogens with one attached hydrogen (secondary N) is 1. The van der Waals surface area contributed by atoms with E-state index in [1.807, 2.05) is 0 Å². The highest BCUT2D eigenvalue weighted by Crippen LogP contribution is 2.31. The van der Waals surface area contributed by atoms with Crippen LogP contribution in [0.5, 0.6) is 0 Å². The Hall–Kier alpha value is -1.65. The molecule has 2 saturated heterocycles. The molecule has 0 saturated carbocycles. The predicted molar refractivity (Wildman–Crippen MR) is 97.7 cm³/mol. The highest BCUT2D eigenvalue weighted by Gasteiger charge is 2.34. The third-order valence-corrected chi connectivity index (χ3v) is 5.56. The largest absolute Gasteiger partial charge is 0.401 e. The predicted octanol–water partition coefficient (Wildman–Crippen LogP) is 3.11. The summed E-state index contributed by atoms with van der Waals surface area (Å²) in [6, 6.07) is 0.249. The Morgan fingerprint density at radius 1 is 1.18 bits per heavy atom. The number of alkyl halides is 3. The Balaban J connectivity index is 1.50. The lowest BCUT2D eigenvalue weighted by molar-refractivity contribution is -0.148. The zero-order valence-electron chi connectivity index (χ0n) is 15.3. The first-order valence-corrected chi connectivity index (χ1v) is 9.81. The molecule has 0 spiro atoms. The van der Waals surface area contributed by atoms with Crippen molar-refractivity contribution in [1.82, 2.24) is 24.5 Å². The third-order valence-electron chi connectivity index (χ3n) is 5.28. The Morgan fingerprint density at radius 2 is 1.89 bits per heavy atom. The standard InChI is InChI=1S/C17H22ClF3N6O/c18-14-13-9-22-16(23-12-3-7-28-8-4-12)25-27(13)15(24-14)11-1-5-26(6-2-11)10-17(19,20)21/h9,11-12H,1-8,10H2,(H,23,25). The molecule has 2 fully saturated rings. The van der Waals surface area contributed by atoms with Gasteiger partial charge in [0, 0.05) is 25.2 Å². The molecule has 154 valence electrons. The van der Waals surface area contributed by atoms with Gasteiger partial charge in [-0.3, -0.25) is 4.90 Å². The first-order chi connectivity index (χ1) is 13.4. The Kier molecular flexibility index (Phi) is 5.62. The summed E-state index contributed by atoms with van der Waals surface area (Å²) in [5.41, 5.74) is 0.604. The first-order valence-electron chi connectivity index (χ1n) is 9.43. The van der Waals surface area contributed by atoms with Crippen molar-refractivity contribution in [2.75, 3.05) is 38.2 Å². The number of ether oxygens (including phenoxy) is 1. The number of hydrogen-bond donors (Lipinski definition) is 1. The van der Waals surface area contributed by atoms with Crippen LogP contribution in [0.25, 0.3) is 5.52 Å². The van der Waals surface area contributed by atoms with Crippen LogP contribution in [0.3, 0.4) is 0 Å². The molecule has 4 rings (SSSR count). The van der Waals surface area contributed by atoms with E-state index in [9.17, 15) is 13.2 Å². The van der Waals surface area contributed by atoms with E-state index in [4.69, 9.17) is 16.3 Å². The summed E-state index contributed by atoms with van der Waals surface area (Å²) in [5, 5.41) is 8.19. The second-order valence-electron chi connectivity index (χ2n) is 7.34. The van der Waals surface area contributed by atoms with Gasteiger partial charge in [0.25, 0.3) is 0 Å². The molecule has 2 aliphatic heterocycles. The molecule has 0 radical (unpaired) electrons. The maximum Gasteiger partial charge on any atom is 0.401 e. The lowest BCUT2D eigenvalue weighted by Gasteiger charge is -2.31. The first kappa shape index (κ1) is 19.7. The number of aromatic nitrogens is 4. The summed E-state index contributed by atoms with van der Waals surface area (Å²) in [6.45, 7) is 1.28. The highest BCUT2D eigenvalue weighted by atomic mass is 35.5. The van der Waals surface area contributed by atoms with Gasteiger partial charge in [-0.1, -0.05) is 11.6 Å². The summed E-state index contributed by atoms with van der Waals surface area (Å²) < 4.78 is 44.8. The van der Waals surface area contributed by atoms with E-state index < -0.39 is 12.7 Å². The molecule has 1 N–H and O–H groups in total. The molecule has 2 aromatic rings. The van der Waals surface area contributed by atoms with Gasteiger partial charge in [0.05, 0.1) is 12.7 Å². The van der Waals surface area contributed by atoms with Gasteiger partial charge >= 0.3 is 6.18 Å². The summed E-state index contributed by atoms with van der Waals surface area (Å²) in [7, 11) is 0. The molecule has 28 heavy (non-hydrogen) atoms. The molecule has 11 heteroatoms. The minimum Gasteiger partial charge on any atom is -0.381 e. The van der Waals surface area contributed by atoms with Crippen LogP contribution >= 0.6 is 11.6 Å². The van der Waals surface area contributed by atoms with Crippen LogP contribution in [0.15, 0.2) is 6.20 Å². The van der Waals surface area contributed by atoms with Crippen LogP contribution in [-0.2, 0) is 4.74 Å². The van der Waals surface area contributed by atoms with Gasteiger partial charge in [-0.05, 0) is 38.8 Å². The number of halogens is 4. The Bertz CT molecular complexity index is 815. The minimum absolute atomic E-state index is 0.00955. The molecule has 0 bridgehead atoms. The number of fused-ring (bicyclic) bond motifs is 1. The molecule has 2 aromatic heterocycles. The van der Waals surface area contributed by atoms with Crippen LogP contribution in [0, 0.1) is 0 Å². The van der Waals surface area contributed by atoms with Crippen LogP contribution in [0.4, 0.5) is 19.1 Å². The fraction of sp³-hybridized carbons (Fsp3) is 0.706. The molecule has 0 amide bonds. The van der Waals surface area contributed by atoms with Crippen molar-refractivity contribution in [3.05, 3.63) is 17.2 Å². The zero-order valence-corrected chi connectivity index (χ0v) is 16.0. The number of anilines is 1. The molecule has 7 nitrogen and oxygen atoms in total. The zero-order chi connectivity index (χ0) is 19.7. The molecule has 0 atom stereocenters. The average Bonchev–Trinajstić information content (AvgIpc) is 2.98. The maximum absolute atomic E-state index is 12.6. The molecule has 0 aliphatic carbocycles. The monoisotopic (exact) mass is 418 g/mol. The third kappa shape index (κ3) is 4.49. The van der Waals surface area contributed by atoms with E-state index >= 15 is 0 Å². The lowest BCUT2D eigenvalue weighted by Crippen LogP contribution is -2.39. The van der Waals surface area contributed by atoms with E-state index in [0.29, 0.717) is 61.6 Å². The smallest absolute Gasteiger partial charge is 0.381 e. The number of nitrogens with zero attached hydrogens (tertiary/aromatic N) is 5. The Morgan fingerprint density at radius 3 is 2.57 bits per heavy atom. The molecular formula is C17H22ClF3N6O. The number of likely N-dealkylation sites (tertiary alicyclic amines) is 1. The Labute approximate surface area is 165 Å². The second-order valence-corrected chi connectivity index (χ2v) is 7.69. The van der Waals surface area contributed by atoms with E-state index in [2.05, 4.69) is 20.4 Å². The normalized spacial score (nSPS) is 20.7. The topological polar surface area (TPSA) is 67.6 Å². The number of imidazole rings is 1. The van der Waals surface area contributed by atoms with Crippen LogP contribution < -0.4 is 5.32 Å². The molecule has 2 aliphatic rings. The number of hydrogen-bond acceptors (Lipinski definition) is 6.